The van der Waals surface area contributed by atoms with E-state index in [-0.39, 0.29) is 11.3 Å². The second-order valence-electron chi connectivity index (χ2n) is 5.12. The Labute approximate surface area is 146 Å². The lowest BCUT2D eigenvalue weighted by Gasteiger charge is -2.20. The number of amides is 1. The normalized spacial score (nSPS) is 10.8. The van der Waals surface area contributed by atoms with Crippen LogP contribution in [0, 0.1) is 0 Å². The van der Waals surface area contributed by atoms with Crippen LogP contribution in [0.4, 0.5) is 5.69 Å². The lowest BCUT2D eigenvalue weighted by atomic mass is 10.2. The molecule has 0 aliphatic heterocycles. The summed E-state index contributed by atoms with van der Waals surface area (Å²) in [5.74, 6) is -0.665. The van der Waals surface area contributed by atoms with Crippen LogP contribution < -0.4 is 10.3 Å². The van der Waals surface area contributed by atoms with E-state index in [2.05, 4.69) is 29.3 Å². The van der Waals surface area contributed by atoms with Gasteiger partial charge in [0.25, 0.3) is 5.91 Å². The summed E-state index contributed by atoms with van der Waals surface area (Å²) in [6, 6.07) is 12.2. The van der Waals surface area contributed by atoms with Crippen molar-refractivity contribution in [1.82, 2.24) is 5.43 Å². The molecule has 2 rings (SSSR count). The van der Waals surface area contributed by atoms with Gasteiger partial charge in [-0.25, -0.2) is 5.43 Å². The summed E-state index contributed by atoms with van der Waals surface area (Å²) >= 11 is 5.82. The molecule has 0 saturated heterocycles. The highest BCUT2D eigenvalue weighted by Crippen LogP contribution is 2.21. The Balaban J connectivity index is 2.01. The van der Waals surface area contributed by atoms with Crippen LogP contribution in [0.15, 0.2) is 47.6 Å². The summed E-state index contributed by atoms with van der Waals surface area (Å²) in [7, 11) is 0. The number of hydrazone groups is 1. The molecule has 2 aromatic carbocycles. The number of rotatable bonds is 6. The van der Waals surface area contributed by atoms with Gasteiger partial charge in [-0.3, -0.25) is 4.79 Å². The van der Waals surface area contributed by atoms with Gasteiger partial charge in [-0.1, -0.05) is 23.7 Å². The van der Waals surface area contributed by atoms with Crippen molar-refractivity contribution < 1.29 is 9.90 Å². The number of benzene rings is 2. The molecule has 0 heterocycles. The Hall–Kier alpha value is -2.53. The number of carbonyl (C=O) groups excluding carboxylic acids is 1. The molecule has 24 heavy (non-hydrogen) atoms. The molecule has 2 N–H and O–H groups in total. The Morgan fingerprint density at radius 2 is 1.88 bits per heavy atom. The van der Waals surface area contributed by atoms with E-state index in [1.807, 2.05) is 24.3 Å². The first-order valence-corrected chi connectivity index (χ1v) is 8.09. The number of phenolic OH excluding ortho intramolecular Hbond substituents is 1. The summed E-state index contributed by atoms with van der Waals surface area (Å²) in [6.07, 6.45) is 1.55. The Morgan fingerprint density at radius 1 is 1.21 bits per heavy atom. The number of nitrogens with zero attached hydrogens (tertiary/aromatic N) is 2. The zero-order valence-electron chi connectivity index (χ0n) is 13.7. The molecule has 0 atom stereocenters. The van der Waals surface area contributed by atoms with Crippen LogP contribution >= 0.6 is 11.6 Å². The predicted octanol–water partition coefficient (Wildman–Crippen LogP) is 3.66. The average molecular weight is 346 g/mol. The third-order valence-corrected chi connectivity index (χ3v) is 3.84. The number of hydrogen-bond donors (Lipinski definition) is 2. The van der Waals surface area contributed by atoms with E-state index in [0.717, 1.165) is 24.3 Å². The topological polar surface area (TPSA) is 64.9 Å². The number of carbonyl (C=O) groups is 1. The lowest BCUT2D eigenvalue weighted by Crippen LogP contribution is -2.21. The van der Waals surface area contributed by atoms with E-state index in [0.29, 0.717) is 5.02 Å². The van der Waals surface area contributed by atoms with Crippen molar-refractivity contribution in [2.75, 3.05) is 18.0 Å². The molecule has 6 heteroatoms. The first-order valence-electron chi connectivity index (χ1n) is 7.72. The molecule has 0 aliphatic rings. The quantitative estimate of drug-likeness (QED) is 0.620. The SMILES string of the molecule is CCN(CC)c1ccc(C=NNC(=O)c2cc(Cl)ccc2O)cc1. The van der Waals surface area contributed by atoms with Gasteiger partial charge in [0.2, 0.25) is 0 Å². The second-order valence-corrected chi connectivity index (χ2v) is 5.56. The zero-order valence-corrected chi connectivity index (χ0v) is 14.4. The van der Waals surface area contributed by atoms with Crippen LogP contribution in [0.25, 0.3) is 0 Å². The summed E-state index contributed by atoms with van der Waals surface area (Å²) in [5.41, 5.74) is 4.46. The van der Waals surface area contributed by atoms with Gasteiger partial charge in [0.05, 0.1) is 11.8 Å². The number of hydrogen-bond acceptors (Lipinski definition) is 4. The van der Waals surface area contributed by atoms with E-state index in [9.17, 15) is 9.90 Å². The molecule has 0 unspecified atom stereocenters. The Kier molecular flexibility index (Phi) is 6.21. The van der Waals surface area contributed by atoms with Crippen molar-refractivity contribution in [3.8, 4) is 5.75 Å². The minimum atomic E-state index is -0.522. The van der Waals surface area contributed by atoms with Crippen LogP contribution in [0.2, 0.25) is 5.02 Å². The lowest BCUT2D eigenvalue weighted by molar-refractivity contribution is 0.0952. The third kappa shape index (κ3) is 4.49. The molecule has 126 valence electrons. The monoisotopic (exact) mass is 345 g/mol. The van der Waals surface area contributed by atoms with Gasteiger partial charge in [-0.2, -0.15) is 5.10 Å². The Morgan fingerprint density at radius 3 is 2.50 bits per heavy atom. The predicted molar refractivity (Wildman–Crippen MR) is 98.2 cm³/mol. The molecule has 0 spiro atoms. The second kappa shape index (κ2) is 8.36. The minimum Gasteiger partial charge on any atom is -0.507 e. The molecular formula is C18H20ClN3O2. The smallest absolute Gasteiger partial charge is 0.275 e. The number of nitrogens with one attached hydrogen (secondary N) is 1. The molecular weight excluding hydrogens is 326 g/mol. The van der Waals surface area contributed by atoms with Crippen LogP contribution in [-0.4, -0.2) is 30.3 Å². The van der Waals surface area contributed by atoms with Crippen molar-refractivity contribution in [1.29, 1.82) is 0 Å². The summed E-state index contributed by atoms with van der Waals surface area (Å²) in [4.78, 5) is 14.2. The van der Waals surface area contributed by atoms with Crippen LogP contribution in [0.1, 0.15) is 29.8 Å². The standard InChI is InChI=1S/C18H20ClN3O2/c1-3-22(4-2)15-8-5-13(6-9-15)12-20-21-18(24)16-11-14(19)7-10-17(16)23/h5-12,23H,3-4H2,1-2H3,(H,21,24). The fraction of sp³-hybridized carbons (Fsp3) is 0.222. The fourth-order valence-electron chi connectivity index (χ4n) is 2.28. The molecule has 0 radical (unpaired) electrons. The van der Waals surface area contributed by atoms with E-state index in [4.69, 9.17) is 11.6 Å². The first kappa shape index (κ1) is 17.8. The Bertz CT molecular complexity index is 726. The van der Waals surface area contributed by atoms with Gasteiger partial charge >= 0.3 is 0 Å². The van der Waals surface area contributed by atoms with Gasteiger partial charge in [0, 0.05) is 23.8 Å². The van der Waals surface area contributed by atoms with Gasteiger partial charge in [-0.15, -0.1) is 0 Å². The molecule has 0 saturated carbocycles. The number of aromatic hydroxyl groups is 1. The molecule has 0 aliphatic carbocycles. The van der Waals surface area contributed by atoms with Crippen LogP contribution in [0.5, 0.6) is 5.75 Å². The van der Waals surface area contributed by atoms with Gasteiger partial charge < -0.3 is 10.0 Å². The van der Waals surface area contributed by atoms with Gasteiger partial charge in [0.15, 0.2) is 0 Å². The summed E-state index contributed by atoms with van der Waals surface area (Å²) in [6.45, 7) is 6.12. The molecule has 5 nitrogen and oxygen atoms in total. The van der Waals surface area contributed by atoms with Crippen molar-refractivity contribution in [3.63, 3.8) is 0 Å². The third-order valence-electron chi connectivity index (χ3n) is 3.60. The van der Waals surface area contributed by atoms with Crippen LogP contribution in [0.3, 0.4) is 0 Å². The van der Waals surface area contributed by atoms with E-state index in [1.165, 1.54) is 18.2 Å². The van der Waals surface area contributed by atoms with E-state index < -0.39 is 5.91 Å². The van der Waals surface area contributed by atoms with Crippen molar-refractivity contribution in [2.45, 2.75) is 13.8 Å². The molecule has 0 aromatic heterocycles. The molecule has 0 bridgehead atoms. The van der Waals surface area contributed by atoms with Crippen molar-refractivity contribution >= 4 is 29.4 Å². The molecule has 1 amide bonds. The summed E-state index contributed by atoms with van der Waals surface area (Å²) in [5, 5.41) is 14.0. The highest BCUT2D eigenvalue weighted by molar-refractivity contribution is 6.31. The molecule has 2 aromatic rings. The minimum absolute atomic E-state index is 0.0801. The number of phenols is 1. The van der Waals surface area contributed by atoms with Gasteiger partial charge in [0.1, 0.15) is 5.75 Å². The highest BCUT2D eigenvalue weighted by atomic mass is 35.5. The highest BCUT2D eigenvalue weighted by Gasteiger charge is 2.10. The summed E-state index contributed by atoms with van der Waals surface area (Å²) < 4.78 is 0. The number of anilines is 1. The first-order chi connectivity index (χ1) is 11.5. The maximum absolute atomic E-state index is 12.0. The maximum Gasteiger partial charge on any atom is 0.275 e. The van der Waals surface area contributed by atoms with Gasteiger partial charge in [-0.05, 0) is 49.7 Å². The zero-order chi connectivity index (χ0) is 17.5. The van der Waals surface area contributed by atoms with Crippen LogP contribution in [-0.2, 0) is 0 Å². The fourth-order valence-corrected chi connectivity index (χ4v) is 2.45. The average Bonchev–Trinajstić information content (AvgIpc) is 2.59. The maximum atomic E-state index is 12.0. The number of halogens is 1. The van der Waals surface area contributed by atoms with E-state index in [1.54, 1.807) is 6.21 Å². The van der Waals surface area contributed by atoms with E-state index >= 15 is 0 Å². The largest absolute Gasteiger partial charge is 0.507 e. The molecule has 0 fully saturated rings. The van der Waals surface area contributed by atoms with Crippen molar-refractivity contribution in [3.05, 3.63) is 58.6 Å². The van der Waals surface area contributed by atoms with Crippen molar-refractivity contribution in [2.24, 2.45) is 5.10 Å².